The van der Waals surface area contributed by atoms with Gasteiger partial charge in [0.2, 0.25) is 0 Å². The Hall–Kier alpha value is -2.87. The summed E-state index contributed by atoms with van der Waals surface area (Å²) in [6, 6.07) is 21.8. The van der Waals surface area contributed by atoms with Gasteiger partial charge in [-0.1, -0.05) is 60.2 Å². The van der Waals surface area contributed by atoms with E-state index in [1.807, 2.05) is 73.7 Å². The standard InChI is InChI=1S/C20H14O2/c1-13-7-9-14(10-8-13)18-12-16-11-15-5-3-2-4-6-17(15)19(16)20(21)22-18/h2-12H,1H3. The van der Waals surface area contributed by atoms with Crippen molar-refractivity contribution in [1.82, 2.24) is 0 Å². The van der Waals surface area contributed by atoms with E-state index in [4.69, 9.17) is 4.42 Å². The second-order valence-electron chi connectivity index (χ2n) is 5.52. The molecule has 2 aliphatic rings. The molecule has 4 rings (SSSR count). The first-order chi connectivity index (χ1) is 10.7. The maximum absolute atomic E-state index is 12.5. The number of rotatable bonds is 1. The quantitative estimate of drug-likeness (QED) is 0.499. The lowest BCUT2D eigenvalue weighted by atomic mass is 10.1. The van der Waals surface area contributed by atoms with Gasteiger partial charge in [0.25, 0.3) is 0 Å². The molecule has 0 radical (unpaired) electrons. The van der Waals surface area contributed by atoms with Gasteiger partial charge in [0.05, 0.1) is 5.39 Å². The van der Waals surface area contributed by atoms with Gasteiger partial charge >= 0.3 is 5.63 Å². The zero-order valence-corrected chi connectivity index (χ0v) is 12.2. The minimum atomic E-state index is -0.283. The van der Waals surface area contributed by atoms with Crippen LogP contribution in [0.1, 0.15) is 5.56 Å². The van der Waals surface area contributed by atoms with E-state index in [2.05, 4.69) is 0 Å². The van der Waals surface area contributed by atoms with E-state index in [1.54, 1.807) is 0 Å². The molecule has 0 amide bonds. The Labute approximate surface area is 128 Å². The van der Waals surface area contributed by atoms with E-state index < -0.39 is 0 Å². The summed E-state index contributed by atoms with van der Waals surface area (Å²) in [6.07, 6.45) is 0. The van der Waals surface area contributed by atoms with Crippen molar-refractivity contribution < 1.29 is 4.42 Å². The SMILES string of the molecule is Cc1ccc(-c2cc3cc4cccccc-4c3c(=O)o2)cc1. The van der Waals surface area contributed by atoms with Gasteiger partial charge in [-0.15, -0.1) is 0 Å². The number of fused-ring (bicyclic) bond motifs is 3. The zero-order valence-electron chi connectivity index (χ0n) is 12.2. The summed E-state index contributed by atoms with van der Waals surface area (Å²) in [4.78, 5) is 12.5. The maximum atomic E-state index is 12.5. The Kier molecular flexibility index (Phi) is 2.83. The summed E-state index contributed by atoms with van der Waals surface area (Å²) in [7, 11) is 0. The van der Waals surface area contributed by atoms with Gasteiger partial charge in [-0.25, -0.2) is 4.79 Å². The Bertz CT molecular complexity index is 994. The molecule has 0 unspecified atom stereocenters. The van der Waals surface area contributed by atoms with Crippen molar-refractivity contribution in [3.63, 3.8) is 0 Å². The Morgan fingerprint density at radius 3 is 2.41 bits per heavy atom. The molecule has 2 aromatic rings. The van der Waals surface area contributed by atoms with Crippen LogP contribution in [0.4, 0.5) is 0 Å². The van der Waals surface area contributed by atoms with Crippen LogP contribution in [-0.2, 0) is 0 Å². The van der Waals surface area contributed by atoms with Gasteiger partial charge in [0.15, 0.2) is 0 Å². The Balaban J connectivity index is 2.01. The summed E-state index contributed by atoms with van der Waals surface area (Å²) >= 11 is 0. The van der Waals surface area contributed by atoms with Crippen LogP contribution in [0.15, 0.2) is 75.9 Å². The molecule has 0 atom stereocenters. The number of hydrogen-bond donors (Lipinski definition) is 0. The predicted molar refractivity (Wildman–Crippen MR) is 89.3 cm³/mol. The van der Waals surface area contributed by atoms with Gasteiger partial charge in [0, 0.05) is 5.56 Å². The molecule has 1 heterocycles. The maximum Gasteiger partial charge on any atom is 0.344 e. The highest BCUT2D eigenvalue weighted by atomic mass is 16.4. The van der Waals surface area contributed by atoms with Crippen LogP contribution in [0.2, 0.25) is 0 Å². The molecule has 0 fully saturated rings. The van der Waals surface area contributed by atoms with Crippen molar-refractivity contribution in [3.05, 3.63) is 82.7 Å². The smallest absolute Gasteiger partial charge is 0.344 e. The molecular weight excluding hydrogens is 272 g/mol. The zero-order chi connectivity index (χ0) is 15.1. The molecule has 1 aromatic carbocycles. The summed E-state index contributed by atoms with van der Waals surface area (Å²) in [5.41, 5.74) is 3.80. The predicted octanol–water partition coefficient (Wildman–Crippen LogP) is 4.87. The normalized spacial score (nSPS) is 11.1. The van der Waals surface area contributed by atoms with Crippen molar-refractivity contribution in [2.24, 2.45) is 0 Å². The molecule has 2 heteroatoms. The van der Waals surface area contributed by atoms with Gasteiger partial charge in [-0.3, -0.25) is 0 Å². The summed E-state index contributed by atoms with van der Waals surface area (Å²) in [6.45, 7) is 2.03. The van der Waals surface area contributed by atoms with Crippen LogP contribution in [-0.4, -0.2) is 0 Å². The van der Waals surface area contributed by atoms with E-state index in [-0.39, 0.29) is 5.63 Å². The van der Waals surface area contributed by atoms with Crippen molar-refractivity contribution in [2.45, 2.75) is 6.92 Å². The van der Waals surface area contributed by atoms with Crippen molar-refractivity contribution >= 4 is 10.8 Å². The first kappa shape index (κ1) is 12.8. The minimum Gasteiger partial charge on any atom is -0.422 e. The first-order valence-electron chi connectivity index (χ1n) is 7.25. The fourth-order valence-corrected chi connectivity index (χ4v) is 2.83. The summed E-state index contributed by atoms with van der Waals surface area (Å²) in [5, 5.41) is 1.58. The molecule has 0 spiro atoms. The average Bonchev–Trinajstić information content (AvgIpc) is 2.70. The molecule has 0 aliphatic heterocycles. The second-order valence-corrected chi connectivity index (χ2v) is 5.52. The van der Waals surface area contributed by atoms with Crippen LogP contribution in [0.5, 0.6) is 0 Å². The van der Waals surface area contributed by atoms with E-state index in [0.29, 0.717) is 11.1 Å². The lowest BCUT2D eigenvalue weighted by molar-refractivity contribution is 0.535. The Morgan fingerprint density at radius 2 is 1.59 bits per heavy atom. The van der Waals surface area contributed by atoms with Gasteiger partial charge < -0.3 is 4.42 Å². The molecule has 2 nitrogen and oxygen atoms in total. The lowest BCUT2D eigenvalue weighted by Crippen LogP contribution is -1.99. The lowest BCUT2D eigenvalue weighted by Gasteiger charge is -2.01. The fourth-order valence-electron chi connectivity index (χ4n) is 2.83. The molecule has 0 saturated carbocycles. The third kappa shape index (κ3) is 2.01. The van der Waals surface area contributed by atoms with E-state index in [9.17, 15) is 4.79 Å². The van der Waals surface area contributed by atoms with Crippen LogP contribution < -0.4 is 5.63 Å². The molecule has 0 N–H and O–H groups in total. The monoisotopic (exact) mass is 286 g/mol. The largest absolute Gasteiger partial charge is 0.422 e. The molecular formula is C20H14O2. The highest BCUT2D eigenvalue weighted by Gasteiger charge is 2.14. The van der Waals surface area contributed by atoms with Crippen molar-refractivity contribution in [2.75, 3.05) is 0 Å². The van der Waals surface area contributed by atoms with E-state index >= 15 is 0 Å². The topological polar surface area (TPSA) is 30.2 Å². The van der Waals surface area contributed by atoms with Gasteiger partial charge in [-0.05, 0) is 35.6 Å². The van der Waals surface area contributed by atoms with Gasteiger partial charge in [-0.2, -0.15) is 0 Å². The highest BCUT2D eigenvalue weighted by Crippen LogP contribution is 2.33. The second kappa shape index (κ2) is 4.85. The Morgan fingerprint density at radius 1 is 0.818 bits per heavy atom. The number of hydrogen-bond acceptors (Lipinski definition) is 2. The van der Waals surface area contributed by atoms with Crippen LogP contribution in [0.25, 0.3) is 33.2 Å². The first-order valence-corrected chi connectivity index (χ1v) is 7.25. The highest BCUT2D eigenvalue weighted by molar-refractivity contribution is 6.02. The minimum absolute atomic E-state index is 0.283. The van der Waals surface area contributed by atoms with Crippen LogP contribution >= 0.6 is 0 Å². The number of benzene rings is 1. The average molecular weight is 286 g/mol. The molecule has 106 valence electrons. The van der Waals surface area contributed by atoms with Crippen LogP contribution in [0.3, 0.4) is 0 Å². The van der Waals surface area contributed by atoms with Crippen LogP contribution in [0, 0.1) is 6.92 Å². The summed E-state index contributed by atoms with van der Waals surface area (Å²) in [5.74, 6) is 0.609. The third-order valence-corrected chi connectivity index (χ3v) is 3.97. The van der Waals surface area contributed by atoms with E-state index in [0.717, 1.165) is 22.1 Å². The number of aryl methyl sites for hydroxylation is 1. The molecule has 0 saturated heterocycles. The molecule has 1 aromatic heterocycles. The summed E-state index contributed by atoms with van der Waals surface area (Å²) < 4.78 is 5.56. The van der Waals surface area contributed by atoms with E-state index in [1.165, 1.54) is 5.56 Å². The van der Waals surface area contributed by atoms with Crippen molar-refractivity contribution in [1.29, 1.82) is 0 Å². The molecule has 0 bridgehead atoms. The van der Waals surface area contributed by atoms with Gasteiger partial charge in [0.1, 0.15) is 5.76 Å². The third-order valence-electron chi connectivity index (χ3n) is 3.97. The fraction of sp³-hybridized carbons (Fsp3) is 0.0500. The molecule has 2 aliphatic carbocycles. The molecule has 22 heavy (non-hydrogen) atoms. The van der Waals surface area contributed by atoms with Crippen molar-refractivity contribution in [3.8, 4) is 22.5 Å².